The number of hydrogen-bond donors (Lipinski definition) is 1. The van der Waals surface area contributed by atoms with Gasteiger partial charge in [-0.1, -0.05) is 6.58 Å². The highest BCUT2D eigenvalue weighted by atomic mass is 16.5. The van der Waals surface area contributed by atoms with Crippen molar-refractivity contribution in [3.05, 3.63) is 12.2 Å². The van der Waals surface area contributed by atoms with Crippen LogP contribution in [-0.4, -0.2) is 41.4 Å². The molecule has 18 heavy (non-hydrogen) atoms. The van der Waals surface area contributed by atoms with Gasteiger partial charge in [0.2, 0.25) is 0 Å². The Labute approximate surface area is 110 Å². The summed E-state index contributed by atoms with van der Waals surface area (Å²) in [6, 6.07) is 0. The van der Waals surface area contributed by atoms with Crippen molar-refractivity contribution >= 4 is 5.78 Å². The van der Waals surface area contributed by atoms with Crippen LogP contribution in [0.3, 0.4) is 0 Å². The van der Waals surface area contributed by atoms with Crippen LogP contribution in [0.15, 0.2) is 12.2 Å². The molecule has 0 aliphatic carbocycles. The Bertz CT molecular complexity index is 305. The quantitative estimate of drug-likeness (QED) is 0.677. The minimum Gasteiger partial charge on any atom is -0.394 e. The van der Waals surface area contributed by atoms with Crippen molar-refractivity contribution in [2.24, 2.45) is 0 Å². The number of hydrogen-bond acceptors (Lipinski definition) is 4. The topological polar surface area (TPSA) is 55.8 Å². The van der Waals surface area contributed by atoms with Crippen LogP contribution in [0.25, 0.3) is 0 Å². The molecule has 4 heteroatoms. The Morgan fingerprint density at radius 3 is 2.17 bits per heavy atom. The van der Waals surface area contributed by atoms with Crippen LogP contribution in [0.1, 0.15) is 41.5 Å². The maximum Gasteiger partial charge on any atom is 0.192 e. The van der Waals surface area contributed by atoms with Gasteiger partial charge in [-0.05, 0) is 47.1 Å². The lowest BCUT2D eigenvalue weighted by Gasteiger charge is -2.33. The first kappa shape index (κ1) is 17.3. The summed E-state index contributed by atoms with van der Waals surface area (Å²) in [5, 5.41) is 8.73. The summed E-state index contributed by atoms with van der Waals surface area (Å²) in [7, 11) is 0. The van der Waals surface area contributed by atoms with E-state index in [1.807, 2.05) is 20.8 Å². The Hall–Kier alpha value is -0.710. The van der Waals surface area contributed by atoms with Crippen molar-refractivity contribution in [1.29, 1.82) is 0 Å². The zero-order valence-electron chi connectivity index (χ0n) is 12.4. The number of aliphatic hydroxyl groups excluding tert-OH is 1. The summed E-state index contributed by atoms with van der Waals surface area (Å²) in [6.45, 7) is 14.6. The zero-order valence-corrected chi connectivity index (χ0v) is 12.4. The Morgan fingerprint density at radius 2 is 1.78 bits per heavy atom. The Morgan fingerprint density at radius 1 is 1.28 bits per heavy atom. The number of carbonyl (C=O) groups excluding carboxylic acids is 1. The first-order valence-electron chi connectivity index (χ1n) is 6.17. The van der Waals surface area contributed by atoms with E-state index in [1.54, 1.807) is 20.8 Å². The van der Waals surface area contributed by atoms with Crippen molar-refractivity contribution in [3.8, 4) is 0 Å². The predicted molar refractivity (Wildman–Crippen MR) is 71.6 cm³/mol. The van der Waals surface area contributed by atoms with Gasteiger partial charge in [-0.2, -0.15) is 0 Å². The number of ether oxygens (including phenoxy) is 2. The molecular weight excluding hydrogens is 232 g/mol. The fraction of sp³-hybridized carbons (Fsp3) is 0.786. The van der Waals surface area contributed by atoms with Crippen LogP contribution >= 0.6 is 0 Å². The van der Waals surface area contributed by atoms with E-state index in [9.17, 15) is 4.79 Å². The molecule has 0 amide bonds. The third kappa shape index (κ3) is 4.88. The van der Waals surface area contributed by atoms with Gasteiger partial charge in [0.05, 0.1) is 18.8 Å². The second-order valence-corrected chi connectivity index (χ2v) is 5.50. The van der Waals surface area contributed by atoms with Crippen LogP contribution in [0.2, 0.25) is 0 Å². The van der Waals surface area contributed by atoms with Gasteiger partial charge in [-0.15, -0.1) is 0 Å². The Kier molecular flexibility index (Phi) is 6.20. The molecule has 0 aliphatic rings. The molecule has 4 nitrogen and oxygen atoms in total. The SMILES string of the molecule is C=C(C)C(C)(C)OC(C)C(=O)C(C)(C)OCCO. The van der Waals surface area contributed by atoms with Crippen LogP contribution < -0.4 is 0 Å². The number of ketones is 1. The lowest BCUT2D eigenvalue weighted by molar-refractivity contribution is -0.158. The first-order chi connectivity index (χ1) is 8.04. The normalized spacial score (nSPS) is 14.4. The van der Waals surface area contributed by atoms with Crippen molar-refractivity contribution in [2.75, 3.05) is 13.2 Å². The fourth-order valence-corrected chi connectivity index (χ4v) is 1.46. The fourth-order valence-electron chi connectivity index (χ4n) is 1.46. The van der Waals surface area contributed by atoms with Crippen molar-refractivity contribution in [2.45, 2.75) is 58.8 Å². The number of aliphatic hydroxyl groups is 1. The van der Waals surface area contributed by atoms with Gasteiger partial charge < -0.3 is 14.6 Å². The molecule has 0 aliphatic heterocycles. The van der Waals surface area contributed by atoms with E-state index in [0.717, 1.165) is 5.57 Å². The van der Waals surface area contributed by atoms with E-state index >= 15 is 0 Å². The molecule has 0 aromatic heterocycles. The van der Waals surface area contributed by atoms with E-state index in [-0.39, 0.29) is 19.0 Å². The van der Waals surface area contributed by atoms with E-state index < -0.39 is 17.3 Å². The van der Waals surface area contributed by atoms with Crippen LogP contribution in [0.5, 0.6) is 0 Å². The maximum atomic E-state index is 12.2. The largest absolute Gasteiger partial charge is 0.394 e. The van der Waals surface area contributed by atoms with E-state index in [2.05, 4.69) is 6.58 Å². The minimum atomic E-state index is -0.965. The smallest absolute Gasteiger partial charge is 0.192 e. The highest BCUT2D eigenvalue weighted by molar-refractivity contribution is 5.90. The van der Waals surface area contributed by atoms with E-state index in [1.165, 1.54) is 0 Å². The second kappa shape index (κ2) is 6.45. The third-order valence-corrected chi connectivity index (χ3v) is 3.02. The van der Waals surface area contributed by atoms with Gasteiger partial charge in [0.25, 0.3) is 0 Å². The molecule has 0 fully saturated rings. The second-order valence-electron chi connectivity index (χ2n) is 5.50. The molecular formula is C14H26O4. The summed E-state index contributed by atoms with van der Waals surface area (Å²) < 4.78 is 11.1. The summed E-state index contributed by atoms with van der Waals surface area (Å²) in [4.78, 5) is 12.2. The van der Waals surface area contributed by atoms with E-state index in [4.69, 9.17) is 14.6 Å². The molecule has 106 valence electrons. The first-order valence-corrected chi connectivity index (χ1v) is 6.17. The molecule has 0 aromatic rings. The molecule has 0 rings (SSSR count). The average molecular weight is 258 g/mol. The van der Waals surface area contributed by atoms with Crippen molar-refractivity contribution in [3.63, 3.8) is 0 Å². The standard InChI is InChI=1S/C14H26O4/c1-10(2)13(4,5)18-11(3)12(16)14(6,7)17-9-8-15/h11,15H,1,8-9H2,2-7H3. The lowest BCUT2D eigenvalue weighted by Crippen LogP contribution is -2.45. The molecule has 1 unspecified atom stereocenters. The maximum absolute atomic E-state index is 12.2. The van der Waals surface area contributed by atoms with Gasteiger partial charge in [0, 0.05) is 0 Å². The summed E-state index contributed by atoms with van der Waals surface area (Å²) in [5.41, 5.74) is -0.661. The zero-order chi connectivity index (χ0) is 14.6. The molecule has 0 spiro atoms. The summed E-state index contributed by atoms with van der Waals surface area (Å²) >= 11 is 0. The summed E-state index contributed by atoms with van der Waals surface area (Å²) in [6.07, 6.45) is -0.592. The van der Waals surface area contributed by atoms with Gasteiger partial charge >= 0.3 is 0 Å². The highest BCUT2D eigenvalue weighted by Crippen LogP contribution is 2.23. The molecule has 0 aromatic carbocycles. The molecule has 0 saturated carbocycles. The van der Waals surface area contributed by atoms with Gasteiger partial charge in [-0.25, -0.2) is 0 Å². The van der Waals surface area contributed by atoms with Crippen LogP contribution in [0, 0.1) is 0 Å². The third-order valence-electron chi connectivity index (χ3n) is 3.02. The van der Waals surface area contributed by atoms with Gasteiger partial charge in [0.1, 0.15) is 11.7 Å². The number of carbonyl (C=O) groups is 1. The molecule has 0 radical (unpaired) electrons. The van der Waals surface area contributed by atoms with Crippen molar-refractivity contribution in [1.82, 2.24) is 0 Å². The molecule has 0 bridgehead atoms. The monoisotopic (exact) mass is 258 g/mol. The van der Waals surface area contributed by atoms with Crippen molar-refractivity contribution < 1.29 is 19.4 Å². The Balaban J connectivity index is 4.65. The molecule has 0 saturated heterocycles. The molecule has 1 atom stereocenters. The summed E-state index contributed by atoms with van der Waals surface area (Å²) in [5.74, 6) is -0.148. The average Bonchev–Trinajstić information content (AvgIpc) is 2.24. The highest BCUT2D eigenvalue weighted by Gasteiger charge is 2.35. The number of Topliss-reactive ketones (excluding diaryl/α,β-unsaturated/α-hetero) is 1. The van der Waals surface area contributed by atoms with Gasteiger partial charge in [0.15, 0.2) is 5.78 Å². The van der Waals surface area contributed by atoms with Gasteiger partial charge in [-0.3, -0.25) is 4.79 Å². The number of rotatable bonds is 8. The lowest BCUT2D eigenvalue weighted by atomic mass is 9.97. The minimum absolute atomic E-state index is 0.108. The molecule has 1 N–H and O–H groups in total. The van der Waals surface area contributed by atoms with Crippen LogP contribution in [0.4, 0.5) is 0 Å². The van der Waals surface area contributed by atoms with E-state index in [0.29, 0.717) is 0 Å². The predicted octanol–water partition coefficient (Wildman–Crippen LogP) is 2.10. The molecule has 0 heterocycles. The van der Waals surface area contributed by atoms with Crippen LogP contribution in [-0.2, 0) is 14.3 Å².